The number of hydrazone groups is 1. The monoisotopic (exact) mass is 372 g/mol. The van der Waals surface area contributed by atoms with Crippen LogP contribution in [0.4, 0.5) is 5.69 Å². The molecule has 0 spiro atoms. The van der Waals surface area contributed by atoms with Gasteiger partial charge in [0.1, 0.15) is 10.1 Å². The van der Waals surface area contributed by atoms with Gasteiger partial charge in [-0.15, -0.1) is 0 Å². The molecule has 0 fully saturated rings. The third-order valence-corrected chi connectivity index (χ3v) is 5.36. The largest absolute Gasteiger partial charge is 0.225 e. The van der Waals surface area contributed by atoms with E-state index in [1.54, 1.807) is 17.1 Å². The van der Waals surface area contributed by atoms with Crippen LogP contribution in [0.1, 0.15) is 11.1 Å². The quantitative estimate of drug-likeness (QED) is 0.414. The fourth-order valence-corrected chi connectivity index (χ4v) is 4.16. The second-order valence-corrected chi connectivity index (χ2v) is 6.94. The summed E-state index contributed by atoms with van der Waals surface area (Å²) in [6, 6.07) is 30.6. The molecule has 0 aliphatic carbocycles. The fraction of sp³-hybridized carbons (Fsp3) is 0. The van der Waals surface area contributed by atoms with E-state index in [2.05, 4.69) is 36.4 Å². The molecule has 0 amide bonds. The first-order chi connectivity index (χ1) is 12.9. The Hall–Kier alpha value is -2.69. The predicted octanol–water partition coefficient (Wildman–Crippen LogP) is 5.97. The van der Waals surface area contributed by atoms with Crippen molar-refractivity contribution in [1.29, 1.82) is 0 Å². The van der Waals surface area contributed by atoms with Crippen molar-refractivity contribution in [2.24, 2.45) is 5.10 Å². The Morgan fingerprint density at radius 3 is 2.00 bits per heavy atom. The zero-order valence-electron chi connectivity index (χ0n) is 13.9. The van der Waals surface area contributed by atoms with Crippen LogP contribution in [0.25, 0.3) is 5.57 Å². The van der Waals surface area contributed by atoms with Gasteiger partial charge in [-0.2, -0.15) is 5.10 Å². The highest BCUT2D eigenvalue weighted by molar-refractivity contribution is 8.18. The molecule has 1 aliphatic heterocycles. The van der Waals surface area contributed by atoms with Crippen LogP contribution in [0.2, 0.25) is 0 Å². The standard InChI is InChI=1S/C22H16N2S2/c25-16-20(17-10-4-1-5-11-17)22-24(19-14-8-3-9-15-19)23-21(26-22)18-12-6-2-7-13-18/h1-16H/b22-20+. The molecule has 0 radical (unpaired) electrons. The van der Waals surface area contributed by atoms with E-state index in [4.69, 9.17) is 17.3 Å². The van der Waals surface area contributed by atoms with E-state index < -0.39 is 0 Å². The highest BCUT2D eigenvalue weighted by Gasteiger charge is 2.27. The SMILES string of the molecule is S=C/C(=C1\SC(c2ccccc2)=NN1c1ccccc1)c1ccccc1. The second-order valence-electron chi connectivity index (χ2n) is 5.72. The number of para-hydroxylation sites is 1. The summed E-state index contributed by atoms with van der Waals surface area (Å²) in [5.74, 6) is 0. The topological polar surface area (TPSA) is 15.6 Å². The van der Waals surface area contributed by atoms with Gasteiger partial charge in [0.15, 0.2) is 0 Å². The molecule has 0 N–H and O–H groups in total. The minimum atomic E-state index is 0.967. The van der Waals surface area contributed by atoms with Crippen molar-refractivity contribution in [3.8, 4) is 0 Å². The number of hydrogen-bond acceptors (Lipinski definition) is 4. The van der Waals surface area contributed by atoms with Gasteiger partial charge in [0, 0.05) is 16.5 Å². The lowest BCUT2D eigenvalue weighted by atomic mass is 10.1. The van der Waals surface area contributed by atoms with Gasteiger partial charge in [0.25, 0.3) is 0 Å². The molecule has 0 bridgehead atoms. The molecule has 0 atom stereocenters. The molecular weight excluding hydrogens is 356 g/mol. The zero-order chi connectivity index (χ0) is 17.8. The lowest BCUT2D eigenvalue weighted by molar-refractivity contribution is 1.08. The van der Waals surface area contributed by atoms with Crippen LogP contribution in [0.3, 0.4) is 0 Å². The molecule has 4 rings (SSSR count). The van der Waals surface area contributed by atoms with Gasteiger partial charge in [-0.05, 0) is 29.5 Å². The van der Waals surface area contributed by atoms with E-state index in [9.17, 15) is 0 Å². The third-order valence-electron chi connectivity index (χ3n) is 4.03. The number of nitrogens with zero attached hydrogens (tertiary/aromatic N) is 2. The molecule has 2 nitrogen and oxygen atoms in total. The van der Waals surface area contributed by atoms with Gasteiger partial charge in [-0.25, -0.2) is 5.01 Å². The minimum Gasteiger partial charge on any atom is -0.225 e. The van der Waals surface area contributed by atoms with Gasteiger partial charge in [0.05, 0.1) is 5.69 Å². The zero-order valence-corrected chi connectivity index (χ0v) is 15.6. The number of anilines is 1. The van der Waals surface area contributed by atoms with Crippen LogP contribution in [0.15, 0.2) is 101 Å². The van der Waals surface area contributed by atoms with Crippen LogP contribution in [0, 0.1) is 0 Å². The van der Waals surface area contributed by atoms with Gasteiger partial charge < -0.3 is 0 Å². The normalized spacial score (nSPS) is 15.5. The van der Waals surface area contributed by atoms with Gasteiger partial charge in [-0.1, -0.05) is 91.1 Å². The van der Waals surface area contributed by atoms with E-state index >= 15 is 0 Å². The molecule has 126 valence electrons. The number of thioether (sulfide) groups is 1. The fourth-order valence-electron chi connectivity index (χ4n) is 2.76. The summed E-state index contributed by atoms with van der Waals surface area (Å²) in [7, 11) is 0. The number of thiocarbonyl (C=S) groups is 1. The molecule has 3 aromatic carbocycles. The lowest BCUT2D eigenvalue weighted by Crippen LogP contribution is -2.11. The maximum Gasteiger partial charge on any atom is 0.131 e. The smallest absolute Gasteiger partial charge is 0.131 e. The lowest BCUT2D eigenvalue weighted by Gasteiger charge is -2.18. The van der Waals surface area contributed by atoms with Crippen molar-refractivity contribution in [1.82, 2.24) is 0 Å². The first-order valence-electron chi connectivity index (χ1n) is 8.29. The van der Waals surface area contributed by atoms with Crippen molar-refractivity contribution in [2.75, 3.05) is 5.01 Å². The Morgan fingerprint density at radius 1 is 0.808 bits per heavy atom. The maximum absolute atomic E-state index is 5.38. The number of hydrogen-bond donors (Lipinski definition) is 0. The van der Waals surface area contributed by atoms with Crippen LogP contribution in [0.5, 0.6) is 0 Å². The van der Waals surface area contributed by atoms with E-state index in [-0.39, 0.29) is 0 Å². The third kappa shape index (κ3) is 3.34. The number of allylic oxidation sites excluding steroid dienone is 1. The molecule has 1 aliphatic rings. The molecule has 3 aromatic rings. The molecule has 26 heavy (non-hydrogen) atoms. The number of rotatable bonds is 4. The van der Waals surface area contributed by atoms with Crippen molar-refractivity contribution in [2.45, 2.75) is 0 Å². The number of benzene rings is 3. The Morgan fingerprint density at radius 2 is 1.38 bits per heavy atom. The first kappa shape index (κ1) is 16.8. The van der Waals surface area contributed by atoms with Gasteiger partial charge in [-0.3, -0.25) is 0 Å². The Balaban J connectivity index is 1.85. The highest BCUT2D eigenvalue weighted by Crippen LogP contribution is 2.40. The average Bonchev–Trinajstić information content (AvgIpc) is 3.16. The summed E-state index contributed by atoms with van der Waals surface area (Å²) in [5, 5.41) is 10.6. The Bertz CT molecular complexity index is 965. The van der Waals surface area contributed by atoms with Crippen molar-refractivity contribution < 1.29 is 0 Å². The minimum absolute atomic E-state index is 0.967. The van der Waals surface area contributed by atoms with E-state index in [0.29, 0.717) is 0 Å². The summed E-state index contributed by atoms with van der Waals surface area (Å²) < 4.78 is 0. The van der Waals surface area contributed by atoms with E-state index in [1.165, 1.54) is 0 Å². The summed E-state index contributed by atoms with van der Waals surface area (Å²) in [5.41, 5.74) is 4.22. The van der Waals surface area contributed by atoms with E-state index in [0.717, 1.165) is 32.5 Å². The van der Waals surface area contributed by atoms with Crippen LogP contribution < -0.4 is 5.01 Å². The molecule has 0 unspecified atom stereocenters. The van der Waals surface area contributed by atoms with Crippen LogP contribution in [-0.2, 0) is 0 Å². The first-order valence-corrected chi connectivity index (χ1v) is 9.57. The molecule has 4 heteroatoms. The van der Waals surface area contributed by atoms with Crippen LogP contribution >= 0.6 is 24.0 Å². The molecule has 0 saturated heterocycles. The van der Waals surface area contributed by atoms with Crippen molar-refractivity contribution >= 4 is 45.7 Å². The molecule has 0 aromatic heterocycles. The van der Waals surface area contributed by atoms with Crippen LogP contribution in [-0.4, -0.2) is 10.4 Å². The molecule has 0 saturated carbocycles. The van der Waals surface area contributed by atoms with Crippen molar-refractivity contribution in [3.05, 3.63) is 107 Å². The summed E-state index contributed by atoms with van der Waals surface area (Å²) in [6.45, 7) is 0. The summed E-state index contributed by atoms with van der Waals surface area (Å²) in [6.07, 6.45) is 0. The molecule has 1 heterocycles. The summed E-state index contributed by atoms with van der Waals surface area (Å²) in [4.78, 5) is 0. The van der Waals surface area contributed by atoms with Crippen molar-refractivity contribution in [3.63, 3.8) is 0 Å². The maximum atomic E-state index is 5.38. The Kier molecular flexibility index (Phi) is 4.95. The Labute approximate surface area is 162 Å². The predicted molar refractivity (Wildman–Crippen MR) is 117 cm³/mol. The molecular formula is C22H16N2S2. The average molecular weight is 373 g/mol. The highest BCUT2D eigenvalue weighted by atomic mass is 32.2. The summed E-state index contributed by atoms with van der Waals surface area (Å²) >= 11 is 7.03. The van der Waals surface area contributed by atoms with Gasteiger partial charge in [0.2, 0.25) is 0 Å². The second kappa shape index (κ2) is 7.68. The van der Waals surface area contributed by atoms with E-state index in [1.807, 2.05) is 59.6 Å². The van der Waals surface area contributed by atoms with Gasteiger partial charge >= 0.3 is 0 Å².